The summed E-state index contributed by atoms with van der Waals surface area (Å²) in [5.74, 6) is -0.261. The van der Waals surface area contributed by atoms with Crippen LogP contribution in [-0.2, 0) is 23.8 Å². The molecule has 8 atom stereocenters. The molecule has 0 aromatic heterocycles. The van der Waals surface area contributed by atoms with Gasteiger partial charge in [-0.25, -0.2) is 0 Å². The lowest BCUT2D eigenvalue weighted by atomic mass is 9.90. The van der Waals surface area contributed by atoms with Gasteiger partial charge in [0.15, 0.2) is 6.29 Å². The van der Waals surface area contributed by atoms with Crippen LogP contribution in [0.4, 0.5) is 0 Å². The highest BCUT2D eigenvalue weighted by molar-refractivity contribution is 5.81. The number of aliphatic hydroxyl groups is 4. The normalized spacial score (nSPS) is 32.5. The zero-order valence-electron chi connectivity index (χ0n) is 21.8. The van der Waals surface area contributed by atoms with Crippen molar-refractivity contribution >= 4 is 11.7 Å². The topological polar surface area (TPSA) is 155 Å². The molecule has 1 saturated carbocycles. The Kier molecular flexibility index (Phi) is 14.4. The zero-order chi connectivity index (χ0) is 26.5. The average Bonchev–Trinajstić information content (AvgIpc) is 3.31. The molecule has 5 N–H and O–H groups in total. The predicted octanol–water partition coefficient (Wildman–Crippen LogP) is 0.918. The molecule has 10 heteroatoms. The second-order valence-electron chi connectivity index (χ2n) is 10.3. The fraction of sp³-hybridized carbons (Fsp3) is 0.923. The minimum Gasteiger partial charge on any atom is -0.396 e. The van der Waals surface area contributed by atoms with E-state index < -0.39 is 37.1 Å². The van der Waals surface area contributed by atoms with Gasteiger partial charge in [0.2, 0.25) is 5.91 Å². The van der Waals surface area contributed by atoms with Crippen LogP contribution >= 0.6 is 0 Å². The van der Waals surface area contributed by atoms with Gasteiger partial charge in [0.1, 0.15) is 18.0 Å². The molecule has 0 aromatic carbocycles. The first kappa shape index (κ1) is 31.1. The number of unbranched alkanes of at least 4 members (excludes halogenated alkanes) is 4. The van der Waals surface area contributed by atoms with Gasteiger partial charge in [-0.15, -0.1) is 0 Å². The number of Topliss-reactive ketones (excluding diaryl/α,β-unsaturated/α-hetero) is 1. The van der Waals surface area contributed by atoms with E-state index in [4.69, 9.17) is 14.2 Å². The van der Waals surface area contributed by atoms with Gasteiger partial charge in [-0.1, -0.05) is 19.8 Å². The molecule has 0 bridgehead atoms. The van der Waals surface area contributed by atoms with Crippen LogP contribution in [0.2, 0.25) is 0 Å². The number of amides is 1. The van der Waals surface area contributed by atoms with E-state index in [-0.39, 0.29) is 36.2 Å². The van der Waals surface area contributed by atoms with E-state index in [2.05, 4.69) is 5.32 Å². The van der Waals surface area contributed by atoms with Gasteiger partial charge in [0, 0.05) is 51.5 Å². The van der Waals surface area contributed by atoms with Crippen molar-refractivity contribution in [3.8, 4) is 0 Å². The summed E-state index contributed by atoms with van der Waals surface area (Å²) in [6, 6.07) is 0. The Bertz CT molecular complexity index is 647. The molecule has 2 fully saturated rings. The van der Waals surface area contributed by atoms with Crippen molar-refractivity contribution in [3.05, 3.63) is 0 Å². The number of carbonyl (C=O) groups excluding carboxylic acids is 2. The lowest BCUT2D eigenvalue weighted by Crippen LogP contribution is -2.55. The Labute approximate surface area is 214 Å². The third-order valence-electron chi connectivity index (χ3n) is 7.57. The molecule has 1 aliphatic heterocycles. The molecule has 2 rings (SSSR count). The van der Waals surface area contributed by atoms with Crippen molar-refractivity contribution in [2.75, 3.05) is 33.5 Å². The van der Waals surface area contributed by atoms with E-state index in [1.165, 1.54) is 0 Å². The first-order valence-electron chi connectivity index (χ1n) is 13.5. The van der Waals surface area contributed by atoms with E-state index in [1.807, 2.05) is 0 Å². The number of methoxy groups -OCH3 is 1. The molecule has 0 spiro atoms. The van der Waals surface area contributed by atoms with Crippen molar-refractivity contribution in [1.82, 2.24) is 5.32 Å². The lowest BCUT2D eigenvalue weighted by Gasteiger charge is -2.40. The Morgan fingerprint density at radius 1 is 0.944 bits per heavy atom. The van der Waals surface area contributed by atoms with Crippen LogP contribution in [0, 0.1) is 17.8 Å². The van der Waals surface area contributed by atoms with E-state index in [0.29, 0.717) is 32.4 Å². The second-order valence-corrected chi connectivity index (χ2v) is 10.3. The summed E-state index contributed by atoms with van der Waals surface area (Å²) in [7, 11) is 1.65. The molecular weight excluding hydrogens is 470 g/mol. The molecule has 3 unspecified atom stereocenters. The maximum atomic E-state index is 12.5. The number of ketones is 1. The molecule has 1 saturated heterocycles. The molecule has 1 heterocycles. The summed E-state index contributed by atoms with van der Waals surface area (Å²) in [6.07, 6.45) is 3.55. The third kappa shape index (κ3) is 9.63. The Morgan fingerprint density at radius 3 is 2.36 bits per heavy atom. The van der Waals surface area contributed by atoms with E-state index in [1.54, 1.807) is 14.0 Å². The van der Waals surface area contributed by atoms with Crippen LogP contribution in [0.5, 0.6) is 0 Å². The van der Waals surface area contributed by atoms with E-state index in [0.717, 1.165) is 44.9 Å². The Balaban J connectivity index is 1.45. The number of hydrogen-bond donors (Lipinski definition) is 5. The molecule has 36 heavy (non-hydrogen) atoms. The maximum absolute atomic E-state index is 12.5. The molecule has 2 aliphatic rings. The summed E-state index contributed by atoms with van der Waals surface area (Å²) in [5.41, 5.74) is 0. The minimum absolute atomic E-state index is 0.0120. The minimum atomic E-state index is -1.13. The van der Waals surface area contributed by atoms with Crippen molar-refractivity contribution in [2.45, 2.75) is 102 Å². The first-order chi connectivity index (χ1) is 17.3. The van der Waals surface area contributed by atoms with Crippen LogP contribution in [0.15, 0.2) is 0 Å². The smallest absolute Gasteiger partial charge is 0.219 e. The SMILES string of the molecule is CO[C@H]1CC(C(=O)CCCCCNC(=O)CCCCCO[C@@H]2OC(CO)[C@H](O)[C@H](O)C2C)[C@H](CO)C1. The summed E-state index contributed by atoms with van der Waals surface area (Å²) >= 11 is 0. The molecule has 1 aliphatic carbocycles. The zero-order valence-corrected chi connectivity index (χ0v) is 21.8. The highest BCUT2D eigenvalue weighted by Crippen LogP contribution is 2.35. The number of carbonyl (C=O) groups is 2. The second kappa shape index (κ2) is 16.7. The number of hydrogen-bond acceptors (Lipinski definition) is 9. The number of aliphatic hydroxyl groups excluding tert-OH is 4. The molecular formula is C26H47NO9. The van der Waals surface area contributed by atoms with Crippen molar-refractivity contribution in [1.29, 1.82) is 0 Å². The van der Waals surface area contributed by atoms with Crippen molar-refractivity contribution < 1.29 is 44.2 Å². The van der Waals surface area contributed by atoms with Gasteiger partial charge in [-0.3, -0.25) is 9.59 Å². The summed E-state index contributed by atoms with van der Waals surface area (Å²) in [6.45, 7) is 2.38. The van der Waals surface area contributed by atoms with Crippen LogP contribution < -0.4 is 5.32 Å². The summed E-state index contributed by atoms with van der Waals surface area (Å²) in [5, 5.41) is 41.6. The van der Waals surface area contributed by atoms with Gasteiger partial charge in [0.05, 0.1) is 18.8 Å². The third-order valence-corrected chi connectivity index (χ3v) is 7.57. The van der Waals surface area contributed by atoms with Crippen molar-refractivity contribution in [2.24, 2.45) is 17.8 Å². The van der Waals surface area contributed by atoms with E-state index in [9.17, 15) is 30.0 Å². The summed E-state index contributed by atoms with van der Waals surface area (Å²) < 4.78 is 16.6. The number of nitrogens with one attached hydrogen (secondary N) is 1. The fourth-order valence-corrected chi connectivity index (χ4v) is 5.14. The van der Waals surface area contributed by atoms with Crippen LogP contribution in [-0.4, -0.2) is 96.3 Å². The fourth-order valence-electron chi connectivity index (χ4n) is 5.14. The lowest BCUT2D eigenvalue weighted by molar-refractivity contribution is -0.282. The van der Waals surface area contributed by atoms with Gasteiger partial charge in [0.25, 0.3) is 0 Å². The number of ether oxygens (including phenoxy) is 3. The largest absolute Gasteiger partial charge is 0.396 e. The van der Waals surface area contributed by atoms with E-state index >= 15 is 0 Å². The first-order valence-corrected chi connectivity index (χ1v) is 13.5. The Hall–Kier alpha value is -1.14. The predicted molar refractivity (Wildman–Crippen MR) is 132 cm³/mol. The standard InChI is InChI=1S/C26H47NO9/c1-17-24(32)25(33)22(16-29)36-26(17)35-12-8-4-6-10-23(31)27-11-7-3-5-9-21(30)20-14-19(34-2)13-18(20)15-28/h17-20,22,24-26,28-29,32-33H,3-16H2,1-2H3,(H,27,31)/t17?,18-,19+,20?,22?,24+,25-,26+/m0/s1. The van der Waals surface area contributed by atoms with Gasteiger partial charge in [-0.2, -0.15) is 0 Å². The van der Waals surface area contributed by atoms with Gasteiger partial charge < -0.3 is 40.0 Å². The van der Waals surface area contributed by atoms with Crippen molar-refractivity contribution in [3.63, 3.8) is 0 Å². The maximum Gasteiger partial charge on any atom is 0.219 e. The highest BCUT2D eigenvalue weighted by atomic mass is 16.7. The molecule has 1 amide bonds. The van der Waals surface area contributed by atoms with Gasteiger partial charge >= 0.3 is 0 Å². The van der Waals surface area contributed by atoms with Gasteiger partial charge in [-0.05, 0) is 44.4 Å². The molecule has 10 nitrogen and oxygen atoms in total. The highest BCUT2D eigenvalue weighted by Gasteiger charge is 2.42. The average molecular weight is 518 g/mol. The Morgan fingerprint density at radius 2 is 1.67 bits per heavy atom. The monoisotopic (exact) mass is 517 g/mol. The van der Waals surface area contributed by atoms with Crippen LogP contribution in [0.3, 0.4) is 0 Å². The van der Waals surface area contributed by atoms with Crippen LogP contribution in [0.25, 0.3) is 0 Å². The molecule has 0 radical (unpaired) electrons. The summed E-state index contributed by atoms with van der Waals surface area (Å²) in [4.78, 5) is 24.5. The van der Waals surface area contributed by atoms with Crippen LogP contribution in [0.1, 0.15) is 71.1 Å². The molecule has 210 valence electrons. The molecule has 0 aromatic rings. The quantitative estimate of drug-likeness (QED) is 0.177. The number of rotatable bonds is 17.